The van der Waals surface area contributed by atoms with Crippen LogP contribution >= 0.6 is 0 Å². The van der Waals surface area contributed by atoms with Gasteiger partial charge in [0.2, 0.25) is 0 Å². The van der Waals surface area contributed by atoms with Crippen molar-refractivity contribution in [3.8, 4) is 11.1 Å². The van der Waals surface area contributed by atoms with Gasteiger partial charge in [0.15, 0.2) is 0 Å². The Kier molecular flexibility index (Phi) is 4.20. The molecular formula is C17H19NO2. The molecule has 1 unspecified atom stereocenters. The molecule has 0 aliphatic carbocycles. The predicted molar refractivity (Wildman–Crippen MR) is 80.5 cm³/mol. The van der Waals surface area contributed by atoms with Crippen molar-refractivity contribution in [3.05, 3.63) is 59.2 Å². The second-order valence-electron chi connectivity index (χ2n) is 5.15. The van der Waals surface area contributed by atoms with Gasteiger partial charge in [0, 0.05) is 6.04 Å². The van der Waals surface area contributed by atoms with Gasteiger partial charge in [-0.2, -0.15) is 0 Å². The third-order valence-corrected chi connectivity index (χ3v) is 3.41. The number of carbonyl (C=O) groups is 1. The Morgan fingerprint density at radius 2 is 1.95 bits per heavy atom. The second kappa shape index (κ2) is 5.88. The van der Waals surface area contributed by atoms with Gasteiger partial charge in [0.1, 0.15) is 0 Å². The molecule has 0 saturated carbocycles. The zero-order valence-electron chi connectivity index (χ0n) is 11.8. The lowest BCUT2D eigenvalue weighted by atomic mass is 9.95. The van der Waals surface area contributed by atoms with Crippen LogP contribution in [0.4, 0.5) is 0 Å². The molecule has 0 amide bonds. The van der Waals surface area contributed by atoms with Gasteiger partial charge < -0.3 is 10.8 Å². The zero-order valence-corrected chi connectivity index (χ0v) is 11.8. The van der Waals surface area contributed by atoms with E-state index in [1.165, 1.54) is 11.1 Å². The van der Waals surface area contributed by atoms with E-state index in [0.29, 0.717) is 0 Å². The largest absolute Gasteiger partial charge is 0.481 e. The molecule has 20 heavy (non-hydrogen) atoms. The summed E-state index contributed by atoms with van der Waals surface area (Å²) in [6.07, 6.45) is -0.0593. The predicted octanol–water partition coefficient (Wildman–Crippen LogP) is 3.44. The number of carboxylic acids is 1. The maximum atomic E-state index is 10.8. The molecule has 0 radical (unpaired) electrons. The van der Waals surface area contributed by atoms with Crippen LogP contribution in [0.2, 0.25) is 0 Å². The first-order valence-electron chi connectivity index (χ1n) is 6.62. The van der Waals surface area contributed by atoms with Crippen LogP contribution in [0, 0.1) is 13.8 Å². The fourth-order valence-corrected chi connectivity index (χ4v) is 2.29. The second-order valence-corrected chi connectivity index (χ2v) is 5.15. The molecule has 0 aliphatic heterocycles. The van der Waals surface area contributed by atoms with E-state index >= 15 is 0 Å². The first-order chi connectivity index (χ1) is 9.47. The van der Waals surface area contributed by atoms with Gasteiger partial charge in [-0.15, -0.1) is 0 Å². The summed E-state index contributed by atoms with van der Waals surface area (Å²) >= 11 is 0. The molecule has 1 atom stereocenters. The number of hydrogen-bond acceptors (Lipinski definition) is 2. The van der Waals surface area contributed by atoms with Gasteiger partial charge in [0.05, 0.1) is 6.42 Å². The number of carboxylic acid groups (broad SMARTS) is 1. The van der Waals surface area contributed by atoms with Crippen LogP contribution in [0.15, 0.2) is 42.5 Å². The van der Waals surface area contributed by atoms with E-state index in [1.807, 2.05) is 24.3 Å². The molecule has 3 heteroatoms. The Bertz CT molecular complexity index is 635. The number of benzene rings is 2. The van der Waals surface area contributed by atoms with Crippen LogP contribution in [0.3, 0.4) is 0 Å². The average molecular weight is 269 g/mol. The molecule has 2 aromatic rings. The molecule has 2 aromatic carbocycles. The monoisotopic (exact) mass is 269 g/mol. The summed E-state index contributed by atoms with van der Waals surface area (Å²) in [5.41, 5.74) is 11.4. The Morgan fingerprint density at radius 3 is 2.65 bits per heavy atom. The molecule has 104 valence electrons. The summed E-state index contributed by atoms with van der Waals surface area (Å²) in [5.74, 6) is -0.880. The van der Waals surface area contributed by atoms with Crippen LogP contribution in [-0.4, -0.2) is 11.1 Å². The molecule has 3 N–H and O–H groups in total. The molecule has 2 rings (SSSR count). The van der Waals surface area contributed by atoms with Gasteiger partial charge in [-0.1, -0.05) is 42.0 Å². The van der Waals surface area contributed by atoms with E-state index in [0.717, 1.165) is 16.7 Å². The third kappa shape index (κ3) is 3.25. The van der Waals surface area contributed by atoms with Crippen molar-refractivity contribution in [3.63, 3.8) is 0 Å². The SMILES string of the molecule is Cc1ccc(C)c(-c2cccc(C(N)CC(=O)O)c2)c1. The molecule has 0 heterocycles. The fraction of sp³-hybridized carbons (Fsp3) is 0.235. The Labute approximate surface area is 119 Å². The Morgan fingerprint density at radius 1 is 1.20 bits per heavy atom. The molecule has 0 saturated heterocycles. The van der Waals surface area contributed by atoms with E-state index in [4.69, 9.17) is 10.8 Å². The minimum absolute atomic E-state index is 0.0593. The van der Waals surface area contributed by atoms with Crippen molar-refractivity contribution < 1.29 is 9.90 Å². The molecule has 0 fully saturated rings. The maximum Gasteiger partial charge on any atom is 0.305 e. The quantitative estimate of drug-likeness (QED) is 0.893. The van der Waals surface area contributed by atoms with E-state index in [2.05, 4.69) is 32.0 Å². The normalized spacial score (nSPS) is 12.2. The third-order valence-electron chi connectivity index (χ3n) is 3.41. The van der Waals surface area contributed by atoms with Crippen molar-refractivity contribution in [2.24, 2.45) is 5.73 Å². The number of aliphatic carboxylic acids is 1. The van der Waals surface area contributed by atoms with Crippen molar-refractivity contribution in [2.75, 3.05) is 0 Å². The summed E-state index contributed by atoms with van der Waals surface area (Å²) in [5, 5.41) is 8.83. The van der Waals surface area contributed by atoms with Gasteiger partial charge in [-0.3, -0.25) is 4.79 Å². The zero-order chi connectivity index (χ0) is 14.7. The molecule has 0 aliphatic rings. The van der Waals surface area contributed by atoms with Crippen molar-refractivity contribution in [1.82, 2.24) is 0 Å². The van der Waals surface area contributed by atoms with E-state index in [9.17, 15) is 4.79 Å². The molecular weight excluding hydrogens is 250 g/mol. The van der Waals surface area contributed by atoms with E-state index in [-0.39, 0.29) is 6.42 Å². The van der Waals surface area contributed by atoms with Crippen molar-refractivity contribution >= 4 is 5.97 Å². The lowest BCUT2D eigenvalue weighted by Gasteiger charge is -2.13. The van der Waals surface area contributed by atoms with Gasteiger partial charge in [0.25, 0.3) is 0 Å². The van der Waals surface area contributed by atoms with Gasteiger partial charge in [-0.05, 0) is 42.2 Å². The minimum Gasteiger partial charge on any atom is -0.481 e. The fourth-order valence-electron chi connectivity index (χ4n) is 2.29. The first-order valence-corrected chi connectivity index (χ1v) is 6.62. The summed E-state index contributed by atoms with van der Waals surface area (Å²) in [4.78, 5) is 10.8. The van der Waals surface area contributed by atoms with Crippen LogP contribution in [-0.2, 0) is 4.79 Å². The van der Waals surface area contributed by atoms with Crippen molar-refractivity contribution in [2.45, 2.75) is 26.3 Å². The highest BCUT2D eigenvalue weighted by Gasteiger charge is 2.12. The van der Waals surface area contributed by atoms with Gasteiger partial charge >= 0.3 is 5.97 Å². The van der Waals surface area contributed by atoms with Crippen LogP contribution in [0.25, 0.3) is 11.1 Å². The summed E-state index contributed by atoms with van der Waals surface area (Å²) in [6.45, 7) is 4.13. The number of hydrogen-bond donors (Lipinski definition) is 2. The minimum atomic E-state index is -0.880. The van der Waals surface area contributed by atoms with E-state index < -0.39 is 12.0 Å². The van der Waals surface area contributed by atoms with Crippen LogP contribution < -0.4 is 5.73 Å². The van der Waals surface area contributed by atoms with Crippen LogP contribution in [0.5, 0.6) is 0 Å². The number of aryl methyl sites for hydroxylation is 2. The standard InChI is InChI=1S/C17H19NO2/c1-11-6-7-12(2)15(8-11)13-4-3-5-14(9-13)16(18)10-17(19)20/h3-9,16H,10,18H2,1-2H3,(H,19,20). The molecule has 3 nitrogen and oxygen atoms in total. The molecule has 0 spiro atoms. The smallest absolute Gasteiger partial charge is 0.305 e. The summed E-state index contributed by atoms with van der Waals surface area (Å²) < 4.78 is 0. The van der Waals surface area contributed by atoms with E-state index in [1.54, 1.807) is 0 Å². The van der Waals surface area contributed by atoms with Gasteiger partial charge in [-0.25, -0.2) is 0 Å². The Balaban J connectivity index is 2.39. The topological polar surface area (TPSA) is 63.3 Å². The lowest BCUT2D eigenvalue weighted by Crippen LogP contribution is -2.14. The van der Waals surface area contributed by atoms with Crippen molar-refractivity contribution in [1.29, 1.82) is 0 Å². The highest BCUT2D eigenvalue weighted by Crippen LogP contribution is 2.27. The summed E-state index contributed by atoms with van der Waals surface area (Å²) in [7, 11) is 0. The summed E-state index contributed by atoms with van der Waals surface area (Å²) in [6, 6.07) is 13.6. The molecule has 0 aromatic heterocycles. The highest BCUT2D eigenvalue weighted by atomic mass is 16.4. The number of nitrogens with two attached hydrogens (primary N) is 1. The van der Waals surface area contributed by atoms with Crippen LogP contribution in [0.1, 0.15) is 29.2 Å². The Hall–Kier alpha value is -2.13. The molecule has 0 bridgehead atoms. The average Bonchev–Trinajstić information content (AvgIpc) is 2.41. The highest BCUT2D eigenvalue weighted by molar-refractivity contribution is 5.70. The first kappa shape index (κ1) is 14.3. The maximum absolute atomic E-state index is 10.8. The number of rotatable bonds is 4. The lowest BCUT2D eigenvalue weighted by molar-refractivity contribution is -0.137.